The molecule has 0 bridgehead atoms. The molecule has 0 saturated heterocycles. The second kappa shape index (κ2) is 7.05. The highest BCUT2D eigenvalue weighted by molar-refractivity contribution is 7.99. The largest absolute Gasteiger partial charge is 0.402 e. The van der Waals surface area contributed by atoms with E-state index in [-0.39, 0.29) is 0 Å². The number of hydrogen-bond donors (Lipinski definition) is 1. The van der Waals surface area contributed by atoms with Crippen LogP contribution in [0.5, 0.6) is 0 Å². The topological polar surface area (TPSA) is 26.0 Å². The highest BCUT2D eigenvalue weighted by Gasteiger charge is 2.13. The maximum Gasteiger partial charge on any atom is 0.0325 e. The Morgan fingerprint density at radius 3 is 1.84 bits per heavy atom. The van der Waals surface area contributed by atoms with E-state index >= 15 is 0 Å². The molecule has 1 nitrogen and oxygen atoms in total. The molecule has 0 heterocycles. The first-order chi connectivity index (χ1) is 9.27. The van der Waals surface area contributed by atoms with Gasteiger partial charge in [0, 0.05) is 23.1 Å². The third-order valence-corrected chi connectivity index (χ3v) is 4.12. The normalized spacial score (nSPS) is 10.6. The maximum atomic E-state index is 5.64. The highest BCUT2D eigenvalue weighted by atomic mass is 32.2. The fraction of sp³-hybridized carbons (Fsp3) is 0.176. The Hall–Kier alpha value is -1.67. The zero-order chi connectivity index (χ0) is 13.5. The van der Waals surface area contributed by atoms with E-state index in [1.165, 1.54) is 11.1 Å². The van der Waals surface area contributed by atoms with Gasteiger partial charge < -0.3 is 5.73 Å². The summed E-state index contributed by atoms with van der Waals surface area (Å²) in [5, 5.41) is 0. The summed E-state index contributed by atoms with van der Waals surface area (Å²) in [6.45, 7) is 3.75. The molecule has 2 rings (SSSR count). The standard InChI is InChI=1S/C17H19NS/c1-14(18)12-19-13-17(15-8-4-2-5-9-15)16-10-6-3-7-11-16/h2-11,17H,1,12-13,18H2. The Morgan fingerprint density at radius 2 is 1.42 bits per heavy atom. The average Bonchev–Trinajstić information content (AvgIpc) is 2.45. The lowest BCUT2D eigenvalue weighted by Gasteiger charge is -2.17. The first-order valence-corrected chi connectivity index (χ1v) is 7.53. The van der Waals surface area contributed by atoms with Crippen molar-refractivity contribution in [3.8, 4) is 0 Å². The zero-order valence-electron chi connectivity index (χ0n) is 11.0. The highest BCUT2D eigenvalue weighted by Crippen LogP contribution is 2.28. The van der Waals surface area contributed by atoms with Gasteiger partial charge in [0.15, 0.2) is 0 Å². The van der Waals surface area contributed by atoms with Crippen molar-refractivity contribution >= 4 is 11.8 Å². The summed E-state index contributed by atoms with van der Waals surface area (Å²) < 4.78 is 0. The molecule has 0 aliphatic carbocycles. The second-order valence-corrected chi connectivity index (χ2v) is 5.58. The van der Waals surface area contributed by atoms with Gasteiger partial charge in [0.25, 0.3) is 0 Å². The van der Waals surface area contributed by atoms with Crippen molar-refractivity contribution < 1.29 is 0 Å². The molecule has 0 spiro atoms. The first kappa shape index (κ1) is 13.8. The molecular formula is C17H19NS. The van der Waals surface area contributed by atoms with E-state index in [0.717, 1.165) is 17.2 Å². The van der Waals surface area contributed by atoms with Crippen LogP contribution < -0.4 is 5.73 Å². The lowest BCUT2D eigenvalue weighted by atomic mass is 9.93. The minimum atomic E-state index is 0.409. The zero-order valence-corrected chi connectivity index (χ0v) is 11.8. The van der Waals surface area contributed by atoms with Crippen LogP contribution in [0.1, 0.15) is 17.0 Å². The Kier molecular flexibility index (Phi) is 5.10. The smallest absolute Gasteiger partial charge is 0.0325 e. The maximum absolute atomic E-state index is 5.64. The molecule has 0 atom stereocenters. The molecule has 0 aliphatic rings. The van der Waals surface area contributed by atoms with E-state index in [2.05, 4.69) is 67.2 Å². The first-order valence-electron chi connectivity index (χ1n) is 6.38. The van der Waals surface area contributed by atoms with Crippen LogP contribution in [0, 0.1) is 0 Å². The van der Waals surface area contributed by atoms with E-state index in [1.807, 2.05) is 11.8 Å². The SMILES string of the molecule is C=C(N)CSCC(c1ccccc1)c1ccccc1. The van der Waals surface area contributed by atoms with Crippen LogP contribution in [0.15, 0.2) is 72.9 Å². The molecular weight excluding hydrogens is 250 g/mol. The van der Waals surface area contributed by atoms with Crippen molar-refractivity contribution in [3.05, 3.63) is 84.1 Å². The fourth-order valence-electron chi connectivity index (χ4n) is 2.06. The summed E-state index contributed by atoms with van der Waals surface area (Å²) in [6.07, 6.45) is 0. The molecule has 0 aromatic heterocycles. The van der Waals surface area contributed by atoms with Crippen LogP contribution in [-0.4, -0.2) is 11.5 Å². The van der Waals surface area contributed by atoms with Crippen molar-refractivity contribution in [2.75, 3.05) is 11.5 Å². The number of nitrogens with two attached hydrogens (primary N) is 1. The number of rotatable bonds is 6. The van der Waals surface area contributed by atoms with Crippen molar-refractivity contribution in [2.24, 2.45) is 5.73 Å². The quantitative estimate of drug-likeness (QED) is 0.857. The predicted octanol–water partition coefficient (Wildman–Crippen LogP) is 4.02. The van der Waals surface area contributed by atoms with Gasteiger partial charge in [-0.1, -0.05) is 67.2 Å². The monoisotopic (exact) mass is 269 g/mol. The minimum Gasteiger partial charge on any atom is -0.402 e. The van der Waals surface area contributed by atoms with Crippen molar-refractivity contribution in [2.45, 2.75) is 5.92 Å². The molecule has 0 saturated carbocycles. The van der Waals surface area contributed by atoms with E-state index in [4.69, 9.17) is 5.73 Å². The Balaban J connectivity index is 2.17. The van der Waals surface area contributed by atoms with Gasteiger partial charge in [-0.15, -0.1) is 0 Å². The third kappa shape index (κ3) is 4.18. The molecule has 2 aromatic carbocycles. The van der Waals surface area contributed by atoms with Crippen molar-refractivity contribution in [3.63, 3.8) is 0 Å². The Labute approximate surface area is 119 Å². The van der Waals surface area contributed by atoms with Gasteiger partial charge >= 0.3 is 0 Å². The Bertz CT molecular complexity index is 468. The summed E-state index contributed by atoms with van der Waals surface area (Å²) in [6, 6.07) is 21.3. The molecule has 0 radical (unpaired) electrons. The average molecular weight is 269 g/mol. The summed E-state index contributed by atoms with van der Waals surface area (Å²) in [5.74, 6) is 2.24. The van der Waals surface area contributed by atoms with Crippen LogP contribution >= 0.6 is 11.8 Å². The number of hydrogen-bond acceptors (Lipinski definition) is 2. The summed E-state index contributed by atoms with van der Waals surface area (Å²) in [5.41, 5.74) is 9.08. The molecule has 98 valence electrons. The molecule has 0 fully saturated rings. The van der Waals surface area contributed by atoms with Gasteiger partial charge in [0.05, 0.1) is 0 Å². The second-order valence-electron chi connectivity index (χ2n) is 4.55. The number of benzene rings is 2. The summed E-state index contributed by atoms with van der Waals surface area (Å²) in [4.78, 5) is 0. The van der Waals surface area contributed by atoms with E-state index in [0.29, 0.717) is 5.92 Å². The fourth-order valence-corrected chi connectivity index (χ4v) is 3.06. The van der Waals surface area contributed by atoms with Gasteiger partial charge in [-0.25, -0.2) is 0 Å². The summed E-state index contributed by atoms with van der Waals surface area (Å²) >= 11 is 1.83. The van der Waals surface area contributed by atoms with E-state index in [9.17, 15) is 0 Å². The summed E-state index contributed by atoms with van der Waals surface area (Å²) in [7, 11) is 0. The molecule has 2 heteroatoms. The van der Waals surface area contributed by atoms with Gasteiger partial charge in [-0.2, -0.15) is 11.8 Å². The molecule has 2 aromatic rings. The van der Waals surface area contributed by atoms with Crippen molar-refractivity contribution in [1.82, 2.24) is 0 Å². The molecule has 19 heavy (non-hydrogen) atoms. The van der Waals surface area contributed by atoms with Crippen LogP contribution in [0.2, 0.25) is 0 Å². The molecule has 0 unspecified atom stereocenters. The van der Waals surface area contributed by atoms with Gasteiger partial charge in [0.2, 0.25) is 0 Å². The van der Waals surface area contributed by atoms with Crippen LogP contribution in [0.4, 0.5) is 0 Å². The predicted molar refractivity (Wildman–Crippen MR) is 85.4 cm³/mol. The van der Waals surface area contributed by atoms with E-state index < -0.39 is 0 Å². The van der Waals surface area contributed by atoms with Crippen molar-refractivity contribution in [1.29, 1.82) is 0 Å². The van der Waals surface area contributed by atoms with Crippen LogP contribution in [-0.2, 0) is 0 Å². The number of thioether (sulfide) groups is 1. The molecule has 0 aliphatic heterocycles. The Morgan fingerprint density at radius 1 is 0.947 bits per heavy atom. The lowest BCUT2D eigenvalue weighted by molar-refractivity contribution is 0.937. The van der Waals surface area contributed by atoms with Gasteiger partial charge in [-0.05, 0) is 11.1 Å². The van der Waals surface area contributed by atoms with Crippen LogP contribution in [0.25, 0.3) is 0 Å². The van der Waals surface area contributed by atoms with Gasteiger partial charge in [0.1, 0.15) is 0 Å². The molecule has 2 N–H and O–H groups in total. The van der Waals surface area contributed by atoms with E-state index in [1.54, 1.807) is 0 Å². The molecule has 0 amide bonds. The van der Waals surface area contributed by atoms with Crippen LogP contribution in [0.3, 0.4) is 0 Å². The third-order valence-electron chi connectivity index (χ3n) is 2.98. The lowest BCUT2D eigenvalue weighted by Crippen LogP contribution is -2.06. The van der Waals surface area contributed by atoms with Gasteiger partial charge in [-0.3, -0.25) is 0 Å². The minimum absolute atomic E-state index is 0.409.